The topological polar surface area (TPSA) is 77.5 Å². The Morgan fingerprint density at radius 1 is 0.886 bits per heavy atom. The predicted octanol–water partition coefficient (Wildman–Crippen LogP) is 2.78. The monoisotopic (exact) mass is 506 g/mol. The van der Waals surface area contributed by atoms with Gasteiger partial charge < -0.3 is 28.7 Å². The van der Waals surface area contributed by atoms with Crippen LogP contribution < -0.4 is 9.47 Å². The van der Waals surface area contributed by atoms with Gasteiger partial charge >= 0.3 is 0 Å². The van der Waals surface area contributed by atoms with Crippen molar-refractivity contribution in [3.63, 3.8) is 0 Å². The normalized spacial score (nSPS) is 20.4. The van der Waals surface area contributed by atoms with Crippen LogP contribution in [0.25, 0.3) is 0 Å². The van der Waals surface area contributed by atoms with Gasteiger partial charge in [0.1, 0.15) is 29.5 Å². The summed E-state index contributed by atoms with van der Waals surface area (Å²) in [4.78, 5) is 29.4. The van der Waals surface area contributed by atoms with Crippen molar-refractivity contribution in [2.24, 2.45) is 0 Å². The lowest BCUT2D eigenvalue weighted by Gasteiger charge is -2.43. The van der Waals surface area contributed by atoms with Gasteiger partial charge in [-0.1, -0.05) is 11.6 Å². The molecule has 188 valence electrons. The van der Waals surface area contributed by atoms with Crippen molar-refractivity contribution in [1.29, 1.82) is 0 Å². The third-order valence-corrected chi connectivity index (χ3v) is 6.18. The Hall–Kier alpha value is -2.88. The number of carbonyl (C=O) groups excluding carboxylic acids is 2. The highest BCUT2D eigenvalue weighted by molar-refractivity contribution is 6.30. The van der Waals surface area contributed by atoms with E-state index in [1.165, 1.54) is 24.3 Å². The first kappa shape index (κ1) is 25.2. The Morgan fingerprint density at radius 2 is 1.51 bits per heavy atom. The number of carbonyl (C=O) groups is 2. The smallest absolute Gasteiger partial charge is 0.260 e. The molecule has 1 atom stereocenters. The maximum atomic E-state index is 13.3. The van der Waals surface area contributed by atoms with Crippen LogP contribution in [0.1, 0.15) is 6.42 Å². The molecule has 2 aliphatic rings. The molecule has 2 aliphatic heterocycles. The number of halogens is 2. The van der Waals surface area contributed by atoms with Crippen molar-refractivity contribution < 1.29 is 32.9 Å². The van der Waals surface area contributed by atoms with Crippen LogP contribution >= 0.6 is 11.6 Å². The largest absolute Gasteiger partial charge is 0.490 e. The molecular weight excluding hydrogens is 479 g/mol. The number of hydrogen-bond donors (Lipinski definition) is 0. The Labute approximate surface area is 208 Å². The van der Waals surface area contributed by atoms with E-state index in [1.807, 2.05) is 0 Å². The standard InChI is InChI=1S/C25H28ClFN2O6/c26-19-1-5-21(6-2-19)33-16-24(31)29-11-14-35-25(17-29,15-23(30)28-9-12-32-13-10-28)18-34-22-7-3-20(27)4-8-22/h1-8H,9-18H2/t25-/m0/s1. The summed E-state index contributed by atoms with van der Waals surface area (Å²) in [5, 5.41) is 0.577. The Bertz CT molecular complexity index is 1000. The van der Waals surface area contributed by atoms with E-state index in [9.17, 15) is 14.0 Å². The highest BCUT2D eigenvalue weighted by atomic mass is 35.5. The summed E-state index contributed by atoms with van der Waals surface area (Å²) < 4.78 is 36.2. The highest BCUT2D eigenvalue weighted by Crippen LogP contribution is 2.26. The fourth-order valence-corrected chi connectivity index (χ4v) is 4.14. The fraction of sp³-hybridized carbons (Fsp3) is 0.440. The second-order valence-corrected chi connectivity index (χ2v) is 8.94. The van der Waals surface area contributed by atoms with Crippen molar-refractivity contribution in [2.45, 2.75) is 12.0 Å². The molecule has 0 aromatic heterocycles. The highest BCUT2D eigenvalue weighted by Gasteiger charge is 2.42. The van der Waals surface area contributed by atoms with Crippen LogP contribution in [0.4, 0.5) is 4.39 Å². The molecule has 4 rings (SSSR count). The third-order valence-electron chi connectivity index (χ3n) is 5.93. The fourth-order valence-electron chi connectivity index (χ4n) is 4.02. The summed E-state index contributed by atoms with van der Waals surface area (Å²) in [6, 6.07) is 12.4. The van der Waals surface area contributed by atoms with Gasteiger partial charge in [0.15, 0.2) is 6.61 Å². The average molecular weight is 507 g/mol. The molecule has 0 spiro atoms. The molecule has 2 heterocycles. The van der Waals surface area contributed by atoms with Crippen LogP contribution in [-0.4, -0.2) is 86.4 Å². The molecule has 2 amide bonds. The van der Waals surface area contributed by atoms with Crippen molar-refractivity contribution in [2.75, 3.05) is 59.2 Å². The van der Waals surface area contributed by atoms with E-state index >= 15 is 0 Å². The van der Waals surface area contributed by atoms with Gasteiger partial charge in [0.25, 0.3) is 5.91 Å². The van der Waals surface area contributed by atoms with Crippen LogP contribution in [0.3, 0.4) is 0 Å². The zero-order chi connectivity index (χ0) is 24.7. The first-order chi connectivity index (χ1) is 16.9. The van der Waals surface area contributed by atoms with E-state index in [4.69, 9.17) is 30.5 Å². The Balaban J connectivity index is 1.43. The molecule has 35 heavy (non-hydrogen) atoms. The third kappa shape index (κ3) is 7.06. The van der Waals surface area contributed by atoms with Gasteiger partial charge in [-0.3, -0.25) is 9.59 Å². The lowest BCUT2D eigenvalue weighted by atomic mass is 9.96. The Morgan fingerprint density at radius 3 is 2.23 bits per heavy atom. The van der Waals surface area contributed by atoms with Crippen molar-refractivity contribution in [1.82, 2.24) is 9.80 Å². The maximum Gasteiger partial charge on any atom is 0.260 e. The van der Waals surface area contributed by atoms with Crippen molar-refractivity contribution in [3.05, 3.63) is 59.4 Å². The number of amides is 2. The van der Waals surface area contributed by atoms with Crippen LogP contribution in [0.2, 0.25) is 5.02 Å². The molecule has 8 nitrogen and oxygen atoms in total. The van der Waals surface area contributed by atoms with Gasteiger partial charge in [0, 0.05) is 24.7 Å². The maximum absolute atomic E-state index is 13.3. The lowest BCUT2D eigenvalue weighted by Crippen LogP contribution is -2.59. The molecule has 2 aromatic carbocycles. The summed E-state index contributed by atoms with van der Waals surface area (Å²) >= 11 is 5.89. The van der Waals surface area contributed by atoms with E-state index in [0.29, 0.717) is 49.4 Å². The molecule has 0 aliphatic carbocycles. The van der Waals surface area contributed by atoms with E-state index in [2.05, 4.69) is 0 Å². The summed E-state index contributed by atoms with van der Waals surface area (Å²) in [7, 11) is 0. The zero-order valence-electron chi connectivity index (χ0n) is 19.3. The predicted molar refractivity (Wildman–Crippen MR) is 126 cm³/mol. The van der Waals surface area contributed by atoms with E-state index in [-0.39, 0.29) is 50.4 Å². The van der Waals surface area contributed by atoms with Crippen molar-refractivity contribution in [3.8, 4) is 11.5 Å². The molecule has 10 heteroatoms. The van der Waals surface area contributed by atoms with Crippen LogP contribution in [0.15, 0.2) is 48.5 Å². The minimum atomic E-state index is -1.06. The second kappa shape index (κ2) is 11.7. The van der Waals surface area contributed by atoms with E-state index in [1.54, 1.807) is 34.1 Å². The van der Waals surface area contributed by atoms with Gasteiger partial charge in [0.2, 0.25) is 5.91 Å². The molecule has 0 N–H and O–H groups in total. The molecule has 2 fully saturated rings. The SMILES string of the molecule is O=C(C[C@@]1(COc2ccc(F)cc2)CN(C(=O)COc2ccc(Cl)cc2)CCO1)N1CCOCC1. The molecule has 0 radical (unpaired) electrons. The molecule has 2 saturated heterocycles. The van der Waals surface area contributed by atoms with Gasteiger partial charge in [0.05, 0.1) is 32.8 Å². The van der Waals surface area contributed by atoms with E-state index < -0.39 is 5.60 Å². The number of ether oxygens (including phenoxy) is 4. The van der Waals surface area contributed by atoms with Gasteiger partial charge in [-0.25, -0.2) is 4.39 Å². The Kier molecular flexibility index (Phi) is 8.43. The van der Waals surface area contributed by atoms with Gasteiger partial charge in [-0.2, -0.15) is 0 Å². The van der Waals surface area contributed by atoms with Crippen LogP contribution in [0, 0.1) is 5.82 Å². The van der Waals surface area contributed by atoms with Gasteiger partial charge in [-0.15, -0.1) is 0 Å². The quantitative estimate of drug-likeness (QED) is 0.548. The van der Waals surface area contributed by atoms with Crippen LogP contribution in [0.5, 0.6) is 11.5 Å². The summed E-state index contributed by atoms with van der Waals surface area (Å²) in [6.07, 6.45) is 0.0377. The molecule has 0 unspecified atom stereocenters. The van der Waals surface area contributed by atoms with Crippen molar-refractivity contribution >= 4 is 23.4 Å². The zero-order valence-corrected chi connectivity index (χ0v) is 20.0. The minimum absolute atomic E-state index is 0.0243. The van der Waals surface area contributed by atoms with Crippen LogP contribution in [-0.2, 0) is 19.1 Å². The lowest BCUT2D eigenvalue weighted by molar-refractivity contribution is -0.168. The number of benzene rings is 2. The molecule has 2 aromatic rings. The number of hydrogen-bond acceptors (Lipinski definition) is 6. The number of nitrogens with zero attached hydrogens (tertiary/aromatic N) is 2. The molecular formula is C25H28ClFN2O6. The first-order valence-corrected chi connectivity index (χ1v) is 11.8. The number of morpholine rings is 2. The summed E-state index contributed by atoms with van der Waals surface area (Å²) in [6.45, 7) is 2.62. The van der Waals surface area contributed by atoms with Gasteiger partial charge in [-0.05, 0) is 48.5 Å². The summed E-state index contributed by atoms with van der Waals surface area (Å²) in [5.74, 6) is 0.281. The average Bonchev–Trinajstić information content (AvgIpc) is 2.88. The molecule has 0 bridgehead atoms. The summed E-state index contributed by atoms with van der Waals surface area (Å²) in [5.41, 5.74) is -1.06. The minimum Gasteiger partial charge on any atom is -0.490 e. The van der Waals surface area contributed by atoms with E-state index in [0.717, 1.165) is 0 Å². The molecule has 0 saturated carbocycles. The second-order valence-electron chi connectivity index (χ2n) is 8.50. The first-order valence-electron chi connectivity index (χ1n) is 11.5. The number of rotatable bonds is 8.